The molecule has 0 N–H and O–H groups in total. The Balaban J connectivity index is 1.61. The van der Waals surface area contributed by atoms with E-state index in [0.29, 0.717) is 45.2 Å². The fourth-order valence-electron chi connectivity index (χ4n) is 2.52. The predicted octanol–water partition coefficient (Wildman–Crippen LogP) is -0.0471. The minimum absolute atomic E-state index is 0.106. The van der Waals surface area contributed by atoms with Crippen LogP contribution >= 0.6 is 0 Å². The first kappa shape index (κ1) is 15.6. The van der Waals surface area contributed by atoms with E-state index < -0.39 is 0 Å². The number of hydrogen-bond acceptors (Lipinski definition) is 6. The van der Waals surface area contributed by atoms with Crippen LogP contribution in [0.25, 0.3) is 5.69 Å². The van der Waals surface area contributed by atoms with E-state index in [1.54, 1.807) is 4.68 Å². The summed E-state index contributed by atoms with van der Waals surface area (Å²) in [5, 5.41) is 11.8. The van der Waals surface area contributed by atoms with Crippen LogP contribution in [0.1, 0.15) is 5.82 Å². The van der Waals surface area contributed by atoms with Crippen molar-refractivity contribution in [1.29, 1.82) is 0 Å². The van der Waals surface area contributed by atoms with Gasteiger partial charge in [-0.1, -0.05) is 18.2 Å². The maximum absolute atomic E-state index is 12.3. The molecule has 2 aromatic rings. The van der Waals surface area contributed by atoms with Crippen molar-refractivity contribution in [2.75, 3.05) is 39.9 Å². The molecular weight excluding hydrogens is 296 g/mol. The number of rotatable bonds is 5. The number of benzene rings is 1. The van der Waals surface area contributed by atoms with Gasteiger partial charge in [0.15, 0.2) is 5.82 Å². The SMILES string of the molecule is CN(CC(=O)N1CCOCC1)Cc1nnnn1-c1ccccc1. The van der Waals surface area contributed by atoms with Crippen LogP contribution in [0.15, 0.2) is 30.3 Å². The summed E-state index contributed by atoms with van der Waals surface area (Å²) >= 11 is 0. The van der Waals surface area contributed by atoms with Gasteiger partial charge in [-0.15, -0.1) is 5.10 Å². The van der Waals surface area contributed by atoms with Gasteiger partial charge in [0.1, 0.15) is 0 Å². The van der Waals surface area contributed by atoms with Crippen LogP contribution in [-0.4, -0.2) is 75.8 Å². The van der Waals surface area contributed by atoms with Gasteiger partial charge in [-0.05, 0) is 29.6 Å². The number of para-hydroxylation sites is 1. The lowest BCUT2D eigenvalue weighted by Crippen LogP contribution is -2.45. The number of morpholine rings is 1. The third-order valence-corrected chi connectivity index (χ3v) is 3.72. The summed E-state index contributed by atoms with van der Waals surface area (Å²) in [4.78, 5) is 16.0. The highest BCUT2D eigenvalue weighted by atomic mass is 16.5. The molecule has 1 aliphatic heterocycles. The van der Waals surface area contributed by atoms with Crippen molar-refractivity contribution in [2.45, 2.75) is 6.54 Å². The smallest absolute Gasteiger partial charge is 0.236 e. The van der Waals surface area contributed by atoms with Crippen LogP contribution in [0.5, 0.6) is 0 Å². The van der Waals surface area contributed by atoms with Crippen LogP contribution in [0, 0.1) is 0 Å². The summed E-state index contributed by atoms with van der Waals surface area (Å²) in [5.74, 6) is 0.808. The zero-order chi connectivity index (χ0) is 16.1. The standard InChI is InChI=1S/C15H20N6O2/c1-19(12-15(22)20-7-9-23-10-8-20)11-14-16-17-18-21(14)13-5-3-2-4-6-13/h2-6H,7-12H2,1H3. The third-order valence-electron chi connectivity index (χ3n) is 3.72. The van der Waals surface area contributed by atoms with E-state index in [9.17, 15) is 4.79 Å². The first-order valence-corrected chi connectivity index (χ1v) is 7.61. The van der Waals surface area contributed by atoms with Gasteiger partial charge in [0.25, 0.3) is 0 Å². The van der Waals surface area contributed by atoms with Crippen molar-refractivity contribution in [2.24, 2.45) is 0 Å². The predicted molar refractivity (Wildman–Crippen MR) is 82.9 cm³/mol. The Labute approximate surface area is 134 Å². The van der Waals surface area contributed by atoms with E-state index in [4.69, 9.17) is 4.74 Å². The van der Waals surface area contributed by atoms with E-state index in [1.807, 2.05) is 47.2 Å². The van der Waals surface area contributed by atoms with Crippen LogP contribution in [0.2, 0.25) is 0 Å². The molecule has 23 heavy (non-hydrogen) atoms. The number of nitrogens with zero attached hydrogens (tertiary/aromatic N) is 6. The summed E-state index contributed by atoms with van der Waals surface area (Å²) in [5.41, 5.74) is 0.903. The average molecular weight is 316 g/mol. The van der Waals surface area contributed by atoms with E-state index in [1.165, 1.54) is 0 Å². The minimum Gasteiger partial charge on any atom is -0.378 e. The van der Waals surface area contributed by atoms with Crippen molar-refractivity contribution < 1.29 is 9.53 Å². The van der Waals surface area contributed by atoms with Crippen molar-refractivity contribution in [3.05, 3.63) is 36.2 Å². The fourth-order valence-corrected chi connectivity index (χ4v) is 2.52. The molecule has 1 amide bonds. The Bertz CT molecular complexity index is 638. The second kappa shape index (κ2) is 7.30. The van der Waals surface area contributed by atoms with Gasteiger partial charge < -0.3 is 9.64 Å². The fraction of sp³-hybridized carbons (Fsp3) is 0.467. The van der Waals surface area contributed by atoms with E-state index in [0.717, 1.165) is 5.69 Å². The van der Waals surface area contributed by atoms with Gasteiger partial charge in [-0.3, -0.25) is 9.69 Å². The molecule has 0 bridgehead atoms. The van der Waals surface area contributed by atoms with E-state index >= 15 is 0 Å². The van der Waals surface area contributed by atoms with Gasteiger partial charge in [0.2, 0.25) is 5.91 Å². The normalized spacial score (nSPS) is 15.1. The van der Waals surface area contributed by atoms with Gasteiger partial charge in [-0.2, -0.15) is 4.68 Å². The molecule has 8 heteroatoms. The lowest BCUT2D eigenvalue weighted by molar-refractivity contribution is -0.136. The highest BCUT2D eigenvalue weighted by Crippen LogP contribution is 2.08. The number of likely N-dealkylation sites (N-methyl/N-ethyl adjacent to an activating group) is 1. The molecule has 1 saturated heterocycles. The molecule has 0 atom stereocenters. The van der Waals surface area contributed by atoms with Gasteiger partial charge in [0.05, 0.1) is 32.0 Å². The summed E-state index contributed by atoms with van der Waals surface area (Å²) in [6.07, 6.45) is 0. The molecule has 0 spiro atoms. The molecule has 122 valence electrons. The third kappa shape index (κ3) is 3.91. The number of aromatic nitrogens is 4. The van der Waals surface area contributed by atoms with Crippen LogP contribution < -0.4 is 0 Å². The zero-order valence-electron chi connectivity index (χ0n) is 13.1. The van der Waals surface area contributed by atoms with Gasteiger partial charge in [-0.25, -0.2) is 0 Å². The van der Waals surface area contributed by atoms with Crippen molar-refractivity contribution in [3.8, 4) is 5.69 Å². The molecule has 0 radical (unpaired) electrons. The Morgan fingerprint density at radius 1 is 1.26 bits per heavy atom. The number of tetrazole rings is 1. The zero-order valence-corrected chi connectivity index (χ0v) is 13.1. The number of hydrogen-bond donors (Lipinski definition) is 0. The molecule has 1 aliphatic rings. The highest BCUT2D eigenvalue weighted by Gasteiger charge is 2.19. The Morgan fingerprint density at radius 3 is 2.74 bits per heavy atom. The van der Waals surface area contributed by atoms with Crippen LogP contribution in [0.3, 0.4) is 0 Å². The topological polar surface area (TPSA) is 76.4 Å². The highest BCUT2D eigenvalue weighted by molar-refractivity contribution is 5.78. The van der Waals surface area contributed by atoms with Crippen molar-refractivity contribution in [3.63, 3.8) is 0 Å². The average Bonchev–Trinajstić information content (AvgIpc) is 3.04. The Morgan fingerprint density at radius 2 is 2.00 bits per heavy atom. The molecular formula is C15H20N6O2. The minimum atomic E-state index is 0.106. The molecule has 0 unspecified atom stereocenters. The summed E-state index contributed by atoms with van der Waals surface area (Å²) in [6, 6.07) is 9.71. The molecule has 1 fully saturated rings. The number of amides is 1. The van der Waals surface area contributed by atoms with Crippen molar-refractivity contribution >= 4 is 5.91 Å². The molecule has 1 aromatic heterocycles. The second-order valence-electron chi connectivity index (χ2n) is 5.51. The maximum Gasteiger partial charge on any atom is 0.236 e. The summed E-state index contributed by atoms with van der Waals surface area (Å²) in [7, 11) is 1.89. The quantitative estimate of drug-likeness (QED) is 0.770. The molecule has 2 heterocycles. The Hall–Kier alpha value is -2.32. The lowest BCUT2D eigenvalue weighted by Gasteiger charge is -2.28. The first-order valence-electron chi connectivity index (χ1n) is 7.61. The van der Waals surface area contributed by atoms with Crippen molar-refractivity contribution in [1.82, 2.24) is 30.0 Å². The Kier molecular flexibility index (Phi) is 4.94. The lowest BCUT2D eigenvalue weighted by atomic mass is 10.3. The monoisotopic (exact) mass is 316 g/mol. The van der Waals surface area contributed by atoms with Crippen LogP contribution in [-0.2, 0) is 16.1 Å². The maximum atomic E-state index is 12.3. The molecule has 3 rings (SSSR count). The summed E-state index contributed by atoms with van der Waals surface area (Å²) < 4.78 is 6.96. The molecule has 0 aliphatic carbocycles. The summed E-state index contributed by atoms with van der Waals surface area (Å²) in [6.45, 7) is 3.38. The number of carbonyl (C=O) groups is 1. The van der Waals surface area contributed by atoms with E-state index in [-0.39, 0.29) is 5.91 Å². The molecule has 0 saturated carbocycles. The number of carbonyl (C=O) groups excluding carboxylic acids is 1. The first-order chi connectivity index (χ1) is 11.2. The second-order valence-corrected chi connectivity index (χ2v) is 5.51. The van der Waals surface area contributed by atoms with E-state index in [2.05, 4.69) is 15.5 Å². The number of ether oxygens (including phenoxy) is 1. The largest absolute Gasteiger partial charge is 0.378 e. The molecule has 1 aromatic carbocycles. The van der Waals surface area contributed by atoms with Gasteiger partial charge >= 0.3 is 0 Å². The van der Waals surface area contributed by atoms with Crippen LogP contribution in [0.4, 0.5) is 0 Å². The van der Waals surface area contributed by atoms with Gasteiger partial charge in [0, 0.05) is 13.1 Å². The molecule has 8 nitrogen and oxygen atoms in total.